The second-order valence-corrected chi connectivity index (χ2v) is 4.89. The maximum absolute atomic E-state index is 2.42. The van der Waals surface area contributed by atoms with Crippen LogP contribution in [0.2, 0.25) is 0 Å². The van der Waals surface area contributed by atoms with Crippen LogP contribution < -0.4 is 0 Å². The lowest BCUT2D eigenvalue weighted by molar-refractivity contribution is 0.386. The van der Waals surface area contributed by atoms with Crippen molar-refractivity contribution in [1.82, 2.24) is 0 Å². The third-order valence-electron chi connectivity index (χ3n) is 3.49. The molecule has 0 aromatic carbocycles. The van der Waals surface area contributed by atoms with E-state index in [-0.39, 0.29) is 0 Å². The van der Waals surface area contributed by atoms with Gasteiger partial charge in [-0.05, 0) is 31.6 Å². The molecule has 2 atom stereocenters. The molecule has 0 spiro atoms. The molecule has 0 N–H and O–H groups in total. The van der Waals surface area contributed by atoms with Crippen molar-refractivity contribution in [2.45, 2.75) is 65.7 Å². The van der Waals surface area contributed by atoms with Crippen molar-refractivity contribution in [3.63, 3.8) is 0 Å². The molecule has 0 heterocycles. The lowest BCUT2D eigenvalue weighted by atomic mass is 9.91. The van der Waals surface area contributed by atoms with Gasteiger partial charge >= 0.3 is 0 Å². The molecule has 14 heavy (non-hydrogen) atoms. The summed E-state index contributed by atoms with van der Waals surface area (Å²) < 4.78 is 0. The van der Waals surface area contributed by atoms with Crippen LogP contribution in [0.4, 0.5) is 0 Å². The predicted molar refractivity (Wildman–Crippen MR) is 64.4 cm³/mol. The first-order chi connectivity index (χ1) is 6.77. The highest BCUT2D eigenvalue weighted by Gasteiger charge is 2.20. The highest BCUT2D eigenvalue weighted by Crippen LogP contribution is 2.34. The smallest absolute Gasteiger partial charge is 0.00229 e. The number of unbranched alkanes of at least 4 members (excludes halogenated alkanes) is 1. The molecule has 1 aliphatic rings. The summed E-state index contributed by atoms with van der Waals surface area (Å²) >= 11 is 0. The van der Waals surface area contributed by atoms with Gasteiger partial charge in [-0.15, -0.1) is 0 Å². The highest BCUT2D eigenvalue weighted by molar-refractivity contribution is 5.26. The zero-order valence-corrected chi connectivity index (χ0v) is 10.2. The fraction of sp³-hybridized carbons (Fsp3) is 0.857. The molecule has 0 saturated carbocycles. The predicted octanol–water partition coefficient (Wildman–Crippen LogP) is 4.95. The third kappa shape index (κ3) is 4.30. The second-order valence-electron chi connectivity index (χ2n) is 4.89. The fourth-order valence-corrected chi connectivity index (χ4v) is 2.33. The largest absolute Gasteiger partial charge is 0.0778 e. The first-order valence-corrected chi connectivity index (χ1v) is 6.46. The van der Waals surface area contributed by atoms with Gasteiger partial charge in [-0.25, -0.2) is 0 Å². The lowest BCUT2D eigenvalue weighted by Crippen LogP contribution is -2.01. The van der Waals surface area contributed by atoms with E-state index >= 15 is 0 Å². The van der Waals surface area contributed by atoms with Crippen LogP contribution in [0.15, 0.2) is 11.6 Å². The Morgan fingerprint density at radius 3 is 2.36 bits per heavy atom. The Balaban J connectivity index is 2.07. The summed E-state index contributed by atoms with van der Waals surface area (Å²) in [5.41, 5.74) is 1.63. The van der Waals surface area contributed by atoms with Crippen LogP contribution >= 0.6 is 0 Å². The molecule has 0 heteroatoms. The second kappa shape index (κ2) is 6.27. The van der Waals surface area contributed by atoms with Gasteiger partial charge in [0.05, 0.1) is 0 Å². The Morgan fingerprint density at radius 1 is 1.14 bits per heavy atom. The summed E-state index contributed by atoms with van der Waals surface area (Å²) in [6, 6.07) is 0. The van der Waals surface area contributed by atoms with Crippen molar-refractivity contribution in [2.75, 3.05) is 0 Å². The number of rotatable bonds is 8. The maximum Gasteiger partial charge on any atom is -0.00229 e. The van der Waals surface area contributed by atoms with E-state index in [1.165, 1.54) is 44.9 Å². The van der Waals surface area contributed by atoms with Crippen molar-refractivity contribution in [1.29, 1.82) is 0 Å². The third-order valence-corrected chi connectivity index (χ3v) is 3.49. The van der Waals surface area contributed by atoms with Crippen molar-refractivity contribution in [3.8, 4) is 0 Å². The van der Waals surface area contributed by atoms with Gasteiger partial charge in [-0.3, -0.25) is 0 Å². The number of hydrogen-bond donors (Lipinski definition) is 0. The molecule has 1 aliphatic carbocycles. The topological polar surface area (TPSA) is 0 Å². The fourth-order valence-electron chi connectivity index (χ4n) is 2.33. The van der Waals surface area contributed by atoms with E-state index in [1.54, 1.807) is 5.57 Å². The molecule has 0 saturated heterocycles. The quantitative estimate of drug-likeness (QED) is 0.480. The first kappa shape index (κ1) is 11.8. The molecular formula is C14H26. The van der Waals surface area contributed by atoms with Crippen molar-refractivity contribution >= 4 is 0 Å². The lowest BCUT2D eigenvalue weighted by Gasteiger charge is -2.15. The molecule has 82 valence electrons. The minimum Gasteiger partial charge on any atom is -0.0778 e. The molecule has 0 nitrogen and oxygen atoms in total. The van der Waals surface area contributed by atoms with Crippen molar-refractivity contribution < 1.29 is 0 Å². The Kier molecular flexibility index (Phi) is 5.29. The van der Waals surface area contributed by atoms with Crippen LogP contribution in [0.1, 0.15) is 65.7 Å². The summed E-state index contributed by atoms with van der Waals surface area (Å²) in [4.78, 5) is 0. The van der Waals surface area contributed by atoms with Gasteiger partial charge in [0.25, 0.3) is 0 Å². The SMILES string of the molecule is CCCCC(CCC)CCC1C=C1C. The van der Waals surface area contributed by atoms with Gasteiger partial charge in [0.2, 0.25) is 0 Å². The Hall–Kier alpha value is -0.260. The monoisotopic (exact) mass is 194 g/mol. The van der Waals surface area contributed by atoms with Gasteiger partial charge in [0.15, 0.2) is 0 Å². The minimum atomic E-state index is 0.899. The summed E-state index contributed by atoms with van der Waals surface area (Å²) in [6.45, 7) is 6.89. The van der Waals surface area contributed by atoms with E-state index in [1.807, 2.05) is 0 Å². The van der Waals surface area contributed by atoms with Crippen LogP contribution in [0.5, 0.6) is 0 Å². The molecule has 0 aromatic heterocycles. The van der Waals surface area contributed by atoms with Gasteiger partial charge < -0.3 is 0 Å². The van der Waals surface area contributed by atoms with Crippen molar-refractivity contribution in [2.24, 2.45) is 11.8 Å². The molecule has 0 amide bonds. The highest BCUT2D eigenvalue weighted by atomic mass is 14.3. The summed E-state index contributed by atoms with van der Waals surface area (Å²) in [5, 5.41) is 0. The number of hydrogen-bond acceptors (Lipinski definition) is 0. The Bertz CT molecular complexity index is 178. The molecule has 2 unspecified atom stereocenters. The minimum absolute atomic E-state index is 0.899. The van der Waals surface area contributed by atoms with Crippen LogP contribution in [0, 0.1) is 11.8 Å². The zero-order valence-electron chi connectivity index (χ0n) is 10.2. The van der Waals surface area contributed by atoms with E-state index in [4.69, 9.17) is 0 Å². The van der Waals surface area contributed by atoms with Gasteiger partial charge in [0, 0.05) is 0 Å². The summed E-state index contributed by atoms with van der Waals surface area (Å²) in [7, 11) is 0. The van der Waals surface area contributed by atoms with Crippen LogP contribution in [-0.4, -0.2) is 0 Å². The maximum atomic E-state index is 2.42. The Morgan fingerprint density at radius 2 is 1.86 bits per heavy atom. The van der Waals surface area contributed by atoms with Crippen LogP contribution in [0.3, 0.4) is 0 Å². The first-order valence-electron chi connectivity index (χ1n) is 6.46. The number of allylic oxidation sites excluding steroid dienone is 2. The van der Waals surface area contributed by atoms with Gasteiger partial charge in [0.1, 0.15) is 0 Å². The Labute approximate surface area is 89.8 Å². The molecule has 0 bridgehead atoms. The average molecular weight is 194 g/mol. The molecular weight excluding hydrogens is 168 g/mol. The van der Waals surface area contributed by atoms with E-state index in [2.05, 4.69) is 26.8 Å². The average Bonchev–Trinajstić information content (AvgIpc) is 2.87. The summed E-state index contributed by atoms with van der Waals surface area (Å²) in [5.74, 6) is 1.91. The molecule has 0 aromatic rings. The normalized spacial score (nSPS) is 21.9. The van der Waals surface area contributed by atoms with Gasteiger partial charge in [-0.2, -0.15) is 0 Å². The van der Waals surface area contributed by atoms with E-state index < -0.39 is 0 Å². The van der Waals surface area contributed by atoms with E-state index in [9.17, 15) is 0 Å². The molecule has 0 aliphatic heterocycles. The molecule has 1 rings (SSSR count). The zero-order chi connectivity index (χ0) is 10.4. The molecule has 0 radical (unpaired) electrons. The van der Waals surface area contributed by atoms with E-state index in [0.29, 0.717) is 0 Å². The van der Waals surface area contributed by atoms with Gasteiger partial charge in [-0.1, -0.05) is 57.6 Å². The standard InChI is InChI=1S/C14H26/c1-4-6-8-13(7-5-2)9-10-14-11-12(14)3/h11,13-14H,4-10H2,1-3H3. The van der Waals surface area contributed by atoms with E-state index in [0.717, 1.165) is 11.8 Å². The summed E-state index contributed by atoms with van der Waals surface area (Å²) in [6.07, 6.45) is 12.4. The van der Waals surface area contributed by atoms with Crippen LogP contribution in [-0.2, 0) is 0 Å². The van der Waals surface area contributed by atoms with Crippen molar-refractivity contribution in [3.05, 3.63) is 11.6 Å². The molecule has 0 fully saturated rings. The van der Waals surface area contributed by atoms with Crippen LogP contribution in [0.25, 0.3) is 0 Å².